The van der Waals surface area contributed by atoms with E-state index in [-0.39, 0.29) is 18.5 Å². The summed E-state index contributed by atoms with van der Waals surface area (Å²) in [7, 11) is 3.51. The number of amides is 1. The monoisotopic (exact) mass is 365 g/mol. The van der Waals surface area contributed by atoms with Crippen LogP contribution in [0.25, 0.3) is 5.69 Å². The van der Waals surface area contributed by atoms with Crippen molar-refractivity contribution in [3.8, 4) is 11.4 Å². The Bertz CT molecular complexity index is 878. The molecule has 0 bridgehead atoms. The average molecular weight is 365 g/mol. The summed E-state index contributed by atoms with van der Waals surface area (Å²) in [5.74, 6) is 0.554. The number of rotatable bonds is 7. The van der Waals surface area contributed by atoms with Crippen LogP contribution in [0.3, 0.4) is 0 Å². The Morgan fingerprint density at radius 2 is 1.96 bits per heavy atom. The summed E-state index contributed by atoms with van der Waals surface area (Å²) in [6, 6.07) is 15.5. The van der Waals surface area contributed by atoms with Crippen molar-refractivity contribution < 1.29 is 9.53 Å². The Morgan fingerprint density at radius 1 is 1.22 bits per heavy atom. The van der Waals surface area contributed by atoms with Gasteiger partial charge in [0.05, 0.1) is 25.0 Å². The average Bonchev–Trinajstić information content (AvgIpc) is 3.22. The number of para-hydroxylation sites is 2. The van der Waals surface area contributed by atoms with Gasteiger partial charge >= 0.3 is 0 Å². The number of benzene rings is 2. The lowest BCUT2D eigenvalue weighted by Gasteiger charge is -2.24. The summed E-state index contributed by atoms with van der Waals surface area (Å²) >= 11 is 0. The van der Waals surface area contributed by atoms with Crippen molar-refractivity contribution >= 4 is 11.6 Å². The number of hydrogen-bond donors (Lipinski definition) is 1. The maximum Gasteiger partial charge on any atom is 0.238 e. The van der Waals surface area contributed by atoms with Gasteiger partial charge in [-0.3, -0.25) is 9.69 Å². The fourth-order valence-corrected chi connectivity index (χ4v) is 2.80. The predicted molar refractivity (Wildman–Crippen MR) is 104 cm³/mol. The first-order valence-electron chi connectivity index (χ1n) is 8.66. The molecule has 0 aliphatic heterocycles. The molecule has 3 rings (SSSR count). The van der Waals surface area contributed by atoms with Gasteiger partial charge in [0, 0.05) is 6.04 Å². The predicted octanol–water partition coefficient (Wildman–Crippen LogP) is 2.91. The second kappa shape index (κ2) is 8.46. The third-order valence-electron chi connectivity index (χ3n) is 4.49. The van der Waals surface area contributed by atoms with Gasteiger partial charge in [-0.1, -0.05) is 24.3 Å². The molecule has 0 spiro atoms. The zero-order chi connectivity index (χ0) is 19.2. The van der Waals surface area contributed by atoms with Gasteiger partial charge in [0.1, 0.15) is 18.4 Å². The van der Waals surface area contributed by atoms with Gasteiger partial charge in [-0.05, 0) is 43.8 Å². The highest BCUT2D eigenvalue weighted by atomic mass is 16.5. The largest absolute Gasteiger partial charge is 0.495 e. The fraction of sp³-hybridized carbons (Fsp3) is 0.250. The van der Waals surface area contributed by atoms with E-state index < -0.39 is 0 Å². The number of carbonyl (C=O) groups excluding carboxylic acids is 1. The molecule has 0 aliphatic carbocycles. The van der Waals surface area contributed by atoms with E-state index in [1.54, 1.807) is 18.1 Å². The molecule has 0 fully saturated rings. The Kier molecular flexibility index (Phi) is 5.83. The molecule has 1 heterocycles. The molecule has 3 aromatic rings. The molecule has 1 unspecified atom stereocenters. The number of nitrogens with zero attached hydrogens (tertiary/aromatic N) is 4. The van der Waals surface area contributed by atoms with Crippen molar-refractivity contribution in [1.82, 2.24) is 19.7 Å². The summed E-state index contributed by atoms with van der Waals surface area (Å²) in [5.41, 5.74) is 2.73. The van der Waals surface area contributed by atoms with Crippen molar-refractivity contribution in [2.75, 3.05) is 26.0 Å². The highest BCUT2D eigenvalue weighted by Gasteiger charge is 2.16. The second-order valence-corrected chi connectivity index (χ2v) is 6.27. The van der Waals surface area contributed by atoms with Gasteiger partial charge in [-0.2, -0.15) is 5.10 Å². The molecule has 1 N–H and O–H groups in total. The number of anilines is 1. The Labute approximate surface area is 158 Å². The van der Waals surface area contributed by atoms with Crippen LogP contribution in [-0.4, -0.2) is 46.3 Å². The van der Waals surface area contributed by atoms with E-state index in [2.05, 4.69) is 22.3 Å². The lowest BCUT2D eigenvalue weighted by atomic mass is 10.1. The summed E-state index contributed by atoms with van der Waals surface area (Å²) in [6.07, 6.45) is 3.16. The highest BCUT2D eigenvalue weighted by Crippen LogP contribution is 2.24. The van der Waals surface area contributed by atoms with Crippen LogP contribution in [0.2, 0.25) is 0 Å². The molecule has 1 atom stereocenters. The lowest BCUT2D eigenvalue weighted by Crippen LogP contribution is -2.32. The normalized spacial score (nSPS) is 12.0. The first-order chi connectivity index (χ1) is 13.1. The molecule has 140 valence electrons. The van der Waals surface area contributed by atoms with E-state index in [0.717, 1.165) is 11.3 Å². The number of aromatic nitrogens is 3. The van der Waals surface area contributed by atoms with E-state index >= 15 is 0 Å². The number of ether oxygens (including phenoxy) is 1. The van der Waals surface area contributed by atoms with Crippen LogP contribution in [0, 0.1) is 0 Å². The maximum absolute atomic E-state index is 12.4. The van der Waals surface area contributed by atoms with Crippen LogP contribution < -0.4 is 10.1 Å². The van der Waals surface area contributed by atoms with Gasteiger partial charge in [-0.25, -0.2) is 9.67 Å². The number of nitrogens with one attached hydrogen (secondary N) is 1. The standard InChI is InChI=1S/C20H23N5O2/c1-15(16-8-10-17(11-9-16)25-14-21-13-22-25)24(2)12-20(26)23-18-6-4-5-7-19(18)27-3/h4-11,13-15H,12H2,1-3H3,(H,23,26). The van der Waals surface area contributed by atoms with Crippen molar-refractivity contribution in [1.29, 1.82) is 0 Å². The van der Waals surface area contributed by atoms with Crippen molar-refractivity contribution in [3.63, 3.8) is 0 Å². The summed E-state index contributed by atoms with van der Waals surface area (Å²) in [5, 5.41) is 7.02. The van der Waals surface area contributed by atoms with Crippen LogP contribution in [0.15, 0.2) is 61.2 Å². The van der Waals surface area contributed by atoms with Crippen molar-refractivity contribution in [2.45, 2.75) is 13.0 Å². The highest BCUT2D eigenvalue weighted by molar-refractivity contribution is 5.93. The van der Waals surface area contributed by atoms with Crippen LogP contribution in [0.1, 0.15) is 18.5 Å². The topological polar surface area (TPSA) is 72.3 Å². The molecule has 2 aromatic carbocycles. The molecule has 0 saturated heterocycles. The molecule has 1 aromatic heterocycles. The molecule has 0 saturated carbocycles. The van der Waals surface area contributed by atoms with Crippen molar-refractivity contribution in [3.05, 3.63) is 66.7 Å². The minimum absolute atomic E-state index is 0.0817. The maximum atomic E-state index is 12.4. The zero-order valence-electron chi connectivity index (χ0n) is 15.7. The van der Waals surface area contributed by atoms with Gasteiger partial charge in [-0.15, -0.1) is 0 Å². The molecule has 0 aliphatic rings. The molecule has 1 amide bonds. The minimum atomic E-state index is -0.0897. The molecule has 0 radical (unpaired) electrons. The van der Waals surface area contributed by atoms with Crippen LogP contribution >= 0.6 is 0 Å². The summed E-state index contributed by atoms with van der Waals surface area (Å²) < 4.78 is 6.98. The van der Waals surface area contributed by atoms with E-state index in [0.29, 0.717) is 11.4 Å². The molecule has 7 heteroatoms. The third kappa shape index (κ3) is 4.51. The summed E-state index contributed by atoms with van der Waals surface area (Å²) in [4.78, 5) is 18.4. The van der Waals surface area contributed by atoms with Gasteiger partial charge < -0.3 is 10.1 Å². The number of likely N-dealkylation sites (N-methyl/N-ethyl adjacent to an activating group) is 1. The quantitative estimate of drug-likeness (QED) is 0.697. The summed E-state index contributed by atoms with van der Waals surface area (Å²) in [6.45, 7) is 2.34. The third-order valence-corrected chi connectivity index (χ3v) is 4.49. The molecular formula is C20H23N5O2. The van der Waals surface area contributed by atoms with Gasteiger partial charge in [0.15, 0.2) is 0 Å². The van der Waals surface area contributed by atoms with Crippen LogP contribution in [0.4, 0.5) is 5.69 Å². The van der Waals surface area contributed by atoms with Crippen LogP contribution in [0.5, 0.6) is 5.75 Å². The smallest absolute Gasteiger partial charge is 0.238 e. The molecular weight excluding hydrogens is 342 g/mol. The van der Waals surface area contributed by atoms with E-state index in [4.69, 9.17) is 4.74 Å². The Balaban J connectivity index is 1.61. The lowest BCUT2D eigenvalue weighted by molar-refractivity contribution is -0.117. The number of hydrogen-bond acceptors (Lipinski definition) is 5. The number of carbonyl (C=O) groups is 1. The van der Waals surface area contributed by atoms with E-state index in [1.165, 1.54) is 6.33 Å². The fourth-order valence-electron chi connectivity index (χ4n) is 2.80. The van der Waals surface area contributed by atoms with Gasteiger partial charge in [0.25, 0.3) is 0 Å². The van der Waals surface area contributed by atoms with E-state index in [9.17, 15) is 4.79 Å². The number of methoxy groups -OCH3 is 1. The van der Waals surface area contributed by atoms with Crippen LogP contribution in [-0.2, 0) is 4.79 Å². The van der Waals surface area contributed by atoms with E-state index in [1.807, 2.05) is 60.5 Å². The minimum Gasteiger partial charge on any atom is -0.495 e. The first-order valence-corrected chi connectivity index (χ1v) is 8.66. The zero-order valence-corrected chi connectivity index (χ0v) is 15.7. The Morgan fingerprint density at radius 3 is 2.63 bits per heavy atom. The second-order valence-electron chi connectivity index (χ2n) is 6.27. The SMILES string of the molecule is COc1ccccc1NC(=O)CN(C)C(C)c1ccc(-n2cncn2)cc1. The van der Waals surface area contributed by atoms with Gasteiger partial charge in [0.2, 0.25) is 5.91 Å². The molecule has 27 heavy (non-hydrogen) atoms. The van der Waals surface area contributed by atoms with Crippen molar-refractivity contribution in [2.24, 2.45) is 0 Å². The Hall–Kier alpha value is -3.19. The first kappa shape index (κ1) is 18.6. The molecule has 7 nitrogen and oxygen atoms in total.